The number of carbonyl (C=O) groups excluding carboxylic acids is 1. The van der Waals surface area contributed by atoms with Crippen LogP contribution in [0.1, 0.15) is 25.8 Å². The number of esters is 1. The zero-order valence-electron chi connectivity index (χ0n) is 12.5. The molecule has 1 unspecified atom stereocenters. The molecule has 0 amide bonds. The maximum absolute atomic E-state index is 11.4. The van der Waals surface area contributed by atoms with Crippen molar-refractivity contribution in [2.24, 2.45) is 0 Å². The van der Waals surface area contributed by atoms with Crippen LogP contribution in [-0.2, 0) is 9.53 Å². The fourth-order valence-electron chi connectivity index (χ4n) is 1.99. The normalized spacial score (nSPS) is 11.8. The summed E-state index contributed by atoms with van der Waals surface area (Å²) in [5.41, 5.74) is 3.42. The summed E-state index contributed by atoms with van der Waals surface area (Å²) in [6.45, 7) is 6.31. The van der Waals surface area contributed by atoms with Crippen LogP contribution < -0.4 is 10.2 Å². The summed E-state index contributed by atoms with van der Waals surface area (Å²) in [5.74, 6) is -0.164. The fraction of sp³-hybridized carbons (Fsp3) is 0.533. The number of aryl methyl sites for hydroxylation is 1. The second-order valence-corrected chi connectivity index (χ2v) is 4.95. The Morgan fingerprint density at radius 2 is 2.11 bits per heavy atom. The van der Waals surface area contributed by atoms with Gasteiger partial charge in [-0.3, -0.25) is 4.79 Å². The molecule has 0 saturated heterocycles. The van der Waals surface area contributed by atoms with Crippen LogP contribution in [0.15, 0.2) is 18.2 Å². The number of benzene rings is 1. The van der Waals surface area contributed by atoms with Crippen LogP contribution >= 0.6 is 0 Å². The fourth-order valence-corrected chi connectivity index (χ4v) is 1.99. The molecule has 0 heterocycles. The number of nitrogens with one attached hydrogen (secondary N) is 1. The molecule has 1 rings (SSSR count). The van der Waals surface area contributed by atoms with E-state index in [4.69, 9.17) is 4.74 Å². The number of hydrogen-bond donors (Lipinski definition) is 1. The van der Waals surface area contributed by atoms with Crippen LogP contribution in [0.25, 0.3) is 0 Å². The van der Waals surface area contributed by atoms with E-state index in [2.05, 4.69) is 29.3 Å². The van der Waals surface area contributed by atoms with Crippen LogP contribution in [0.2, 0.25) is 0 Å². The van der Waals surface area contributed by atoms with E-state index in [1.165, 1.54) is 11.3 Å². The third kappa shape index (κ3) is 4.81. The predicted octanol–water partition coefficient (Wildman–Crippen LogP) is 2.81. The molecule has 106 valence electrons. The number of hydrogen-bond acceptors (Lipinski definition) is 4. The first-order chi connectivity index (χ1) is 8.93. The van der Waals surface area contributed by atoms with E-state index in [-0.39, 0.29) is 12.0 Å². The summed E-state index contributed by atoms with van der Waals surface area (Å²) in [6, 6.07) is 6.26. The van der Waals surface area contributed by atoms with Crippen molar-refractivity contribution in [3.8, 4) is 0 Å². The molecule has 0 spiro atoms. The zero-order valence-corrected chi connectivity index (χ0v) is 12.5. The Morgan fingerprint density at radius 1 is 1.42 bits per heavy atom. The Balaban J connectivity index is 2.66. The van der Waals surface area contributed by atoms with Gasteiger partial charge in [0.1, 0.15) is 0 Å². The molecular weight excluding hydrogens is 240 g/mol. The monoisotopic (exact) mass is 264 g/mol. The SMILES string of the molecule is CCOC(=O)CC(C)Nc1ccc(C)c(N(C)C)c1. The molecule has 0 bridgehead atoms. The van der Waals surface area contributed by atoms with E-state index >= 15 is 0 Å². The lowest BCUT2D eigenvalue weighted by Gasteiger charge is -2.19. The van der Waals surface area contributed by atoms with E-state index in [0.717, 1.165) is 5.69 Å². The standard InChI is InChI=1S/C15H24N2O2/c1-6-19-15(18)9-12(3)16-13-8-7-11(2)14(10-13)17(4)5/h7-8,10,12,16H,6,9H2,1-5H3. The molecule has 1 aromatic carbocycles. The van der Waals surface area contributed by atoms with Crippen LogP contribution in [0.3, 0.4) is 0 Å². The van der Waals surface area contributed by atoms with Gasteiger partial charge in [-0.05, 0) is 38.5 Å². The van der Waals surface area contributed by atoms with Gasteiger partial charge in [-0.25, -0.2) is 0 Å². The third-order valence-electron chi connectivity index (χ3n) is 2.88. The molecular formula is C15H24N2O2. The van der Waals surface area contributed by atoms with Gasteiger partial charge < -0.3 is 15.0 Å². The molecule has 1 atom stereocenters. The maximum atomic E-state index is 11.4. The number of ether oxygens (including phenoxy) is 1. The Labute approximate surface area is 115 Å². The van der Waals surface area contributed by atoms with E-state index in [1.807, 2.05) is 34.0 Å². The maximum Gasteiger partial charge on any atom is 0.307 e. The van der Waals surface area contributed by atoms with Gasteiger partial charge in [0.05, 0.1) is 13.0 Å². The largest absolute Gasteiger partial charge is 0.466 e. The molecule has 4 heteroatoms. The summed E-state index contributed by atoms with van der Waals surface area (Å²) in [6.07, 6.45) is 0.374. The van der Waals surface area contributed by atoms with Gasteiger partial charge in [0, 0.05) is 31.5 Å². The van der Waals surface area contributed by atoms with Gasteiger partial charge >= 0.3 is 5.97 Å². The first-order valence-electron chi connectivity index (χ1n) is 6.64. The first-order valence-corrected chi connectivity index (χ1v) is 6.64. The highest BCUT2D eigenvalue weighted by atomic mass is 16.5. The molecule has 0 aliphatic rings. The lowest BCUT2D eigenvalue weighted by Crippen LogP contribution is -2.21. The second kappa shape index (κ2) is 7.02. The smallest absolute Gasteiger partial charge is 0.307 e. The van der Waals surface area contributed by atoms with Gasteiger partial charge in [-0.15, -0.1) is 0 Å². The Kier molecular flexibility index (Phi) is 5.67. The summed E-state index contributed by atoms with van der Waals surface area (Å²) in [4.78, 5) is 13.5. The van der Waals surface area contributed by atoms with E-state index in [1.54, 1.807) is 0 Å². The quantitative estimate of drug-likeness (QED) is 0.802. The minimum absolute atomic E-state index is 0.0526. The van der Waals surface area contributed by atoms with Gasteiger partial charge in [0.25, 0.3) is 0 Å². The highest BCUT2D eigenvalue weighted by Gasteiger charge is 2.10. The average molecular weight is 264 g/mol. The zero-order chi connectivity index (χ0) is 14.4. The van der Waals surface area contributed by atoms with Gasteiger partial charge in [-0.1, -0.05) is 6.07 Å². The molecule has 1 aromatic rings. The van der Waals surface area contributed by atoms with Crippen molar-refractivity contribution in [1.82, 2.24) is 0 Å². The average Bonchev–Trinajstić information content (AvgIpc) is 2.31. The number of rotatable bonds is 6. The van der Waals surface area contributed by atoms with Crippen molar-refractivity contribution in [2.45, 2.75) is 33.2 Å². The van der Waals surface area contributed by atoms with Crippen molar-refractivity contribution < 1.29 is 9.53 Å². The highest BCUT2D eigenvalue weighted by molar-refractivity contribution is 5.71. The molecule has 4 nitrogen and oxygen atoms in total. The number of nitrogens with zero attached hydrogens (tertiary/aromatic N) is 1. The predicted molar refractivity (Wildman–Crippen MR) is 79.8 cm³/mol. The molecule has 1 N–H and O–H groups in total. The summed E-state index contributed by atoms with van der Waals surface area (Å²) in [7, 11) is 4.04. The topological polar surface area (TPSA) is 41.6 Å². The lowest BCUT2D eigenvalue weighted by atomic mass is 10.1. The van der Waals surface area contributed by atoms with Crippen LogP contribution in [-0.4, -0.2) is 32.7 Å². The van der Waals surface area contributed by atoms with E-state index < -0.39 is 0 Å². The van der Waals surface area contributed by atoms with Crippen molar-refractivity contribution in [1.29, 1.82) is 0 Å². The number of carbonyl (C=O) groups is 1. The Hall–Kier alpha value is -1.71. The van der Waals surface area contributed by atoms with E-state index in [0.29, 0.717) is 13.0 Å². The minimum Gasteiger partial charge on any atom is -0.466 e. The van der Waals surface area contributed by atoms with Crippen LogP contribution in [0, 0.1) is 6.92 Å². The molecule has 0 aliphatic heterocycles. The second-order valence-electron chi connectivity index (χ2n) is 4.95. The molecule has 19 heavy (non-hydrogen) atoms. The minimum atomic E-state index is -0.164. The molecule has 0 aliphatic carbocycles. The van der Waals surface area contributed by atoms with Crippen LogP contribution in [0.4, 0.5) is 11.4 Å². The first kappa shape index (κ1) is 15.3. The van der Waals surface area contributed by atoms with Crippen molar-refractivity contribution >= 4 is 17.3 Å². The molecule has 0 fully saturated rings. The third-order valence-corrected chi connectivity index (χ3v) is 2.88. The number of anilines is 2. The highest BCUT2D eigenvalue weighted by Crippen LogP contribution is 2.23. The Morgan fingerprint density at radius 3 is 2.68 bits per heavy atom. The van der Waals surface area contributed by atoms with Crippen LogP contribution in [0.5, 0.6) is 0 Å². The van der Waals surface area contributed by atoms with Crippen molar-refractivity contribution in [2.75, 3.05) is 30.9 Å². The van der Waals surface area contributed by atoms with Crippen molar-refractivity contribution in [3.63, 3.8) is 0 Å². The van der Waals surface area contributed by atoms with Crippen molar-refractivity contribution in [3.05, 3.63) is 23.8 Å². The molecule has 0 aromatic heterocycles. The summed E-state index contributed by atoms with van der Waals surface area (Å²) in [5, 5.41) is 3.33. The van der Waals surface area contributed by atoms with Gasteiger partial charge in [-0.2, -0.15) is 0 Å². The van der Waals surface area contributed by atoms with Gasteiger partial charge in [0.2, 0.25) is 0 Å². The molecule has 0 radical (unpaired) electrons. The lowest BCUT2D eigenvalue weighted by molar-refractivity contribution is -0.143. The van der Waals surface area contributed by atoms with Gasteiger partial charge in [0.15, 0.2) is 0 Å². The Bertz CT molecular complexity index is 430. The van der Waals surface area contributed by atoms with E-state index in [9.17, 15) is 4.79 Å². The summed E-state index contributed by atoms with van der Waals surface area (Å²) < 4.78 is 4.94. The summed E-state index contributed by atoms with van der Waals surface area (Å²) >= 11 is 0. The molecule has 0 saturated carbocycles.